The van der Waals surface area contributed by atoms with Crippen molar-refractivity contribution < 1.29 is 14.3 Å². The molecule has 5 heteroatoms. The number of imide groups is 1. The number of likely N-dealkylation sites (tertiary alicyclic amines) is 1. The van der Waals surface area contributed by atoms with E-state index in [1.165, 1.54) is 11.9 Å². The topological polar surface area (TPSA) is 58.6 Å². The Hall–Kier alpha value is -0.940. The predicted molar refractivity (Wildman–Crippen MR) is 59.9 cm³/mol. The first kappa shape index (κ1) is 13.1. The van der Waals surface area contributed by atoms with Gasteiger partial charge in [0, 0.05) is 20.2 Å². The van der Waals surface area contributed by atoms with Crippen LogP contribution >= 0.6 is 0 Å². The molecule has 0 aliphatic carbocycles. The molecule has 1 heterocycles. The third kappa shape index (κ3) is 3.02. The highest BCUT2D eigenvalue weighted by Crippen LogP contribution is 2.13. The van der Waals surface area contributed by atoms with Gasteiger partial charge in [0.05, 0.1) is 18.1 Å². The first-order chi connectivity index (χ1) is 7.37. The van der Waals surface area contributed by atoms with E-state index in [1.807, 2.05) is 20.8 Å². The van der Waals surface area contributed by atoms with Gasteiger partial charge in [-0.05, 0) is 20.8 Å². The maximum atomic E-state index is 11.6. The first-order valence-corrected chi connectivity index (χ1v) is 5.55. The summed E-state index contributed by atoms with van der Waals surface area (Å²) < 4.78 is 5.51. The van der Waals surface area contributed by atoms with Crippen molar-refractivity contribution in [2.45, 2.75) is 38.8 Å². The zero-order valence-electron chi connectivity index (χ0n) is 10.4. The average Bonchev–Trinajstić information content (AvgIpc) is 2.43. The van der Waals surface area contributed by atoms with E-state index in [9.17, 15) is 9.59 Å². The van der Waals surface area contributed by atoms with Crippen molar-refractivity contribution in [1.82, 2.24) is 10.2 Å². The van der Waals surface area contributed by atoms with Crippen LogP contribution in [0.1, 0.15) is 27.2 Å². The number of carbonyl (C=O) groups is 2. The van der Waals surface area contributed by atoms with Gasteiger partial charge in [0.1, 0.15) is 0 Å². The smallest absolute Gasteiger partial charge is 0.246 e. The van der Waals surface area contributed by atoms with Crippen LogP contribution in [0.3, 0.4) is 0 Å². The Morgan fingerprint density at radius 1 is 1.50 bits per heavy atom. The van der Waals surface area contributed by atoms with Crippen LogP contribution in [0.2, 0.25) is 0 Å². The molecule has 1 fully saturated rings. The van der Waals surface area contributed by atoms with Crippen LogP contribution in [0.15, 0.2) is 0 Å². The van der Waals surface area contributed by atoms with Crippen LogP contribution in [0.5, 0.6) is 0 Å². The minimum Gasteiger partial charge on any atom is -0.375 e. The summed E-state index contributed by atoms with van der Waals surface area (Å²) in [5.74, 6) is -0.283. The maximum absolute atomic E-state index is 11.6. The van der Waals surface area contributed by atoms with Crippen molar-refractivity contribution in [2.24, 2.45) is 0 Å². The number of likely N-dealkylation sites (N-methyl/N-ethyl adjacent to an activating group) is 1. The van der Waals surface area contributed by atoms with Crippen molar-refractivity contribution in [3.05, 3.63) is 0 Å². The van der Waals surface area contributed by atoms with Gasteiger partial charge >= 0.3 is 0 Å². The highest BCUT2D eigenvalue weighted by atomic mass is 16.5. The summed E-state index contributed by atoms with van der Waals surface area (Å²) >= 11 is 0. The van der Waals surface area contributed by atoms with Crippen molar-refractivity contribution in [1.29, 1.82) is 0 Å². The standard InChI is InChI=1S/C11H20N2O3/c1-5-16-11(2,3)7-12-8-6-9(14)13(4)10(8)15/h8,12H,5-7H2,1-4H3. The van der Waals surface area contributed by atoms with Gasteiger partial charge in [0.25, 0.3) is 0 Å². The van der Waals surface area contributed by atoms with E-state index >= 15 is 0 Å². The maximum Gasteiger partial charge on any atom is 0.246 e. The van der Waals surface area contributed by atoms with Crippen molar-refractivity contribution >= 4 is 11.8 Å². The lowest BCUT2D eigenvalue weighted by molar-refractivity contribution is -0.137. The lowest BCUT2D eigenvalue weighted by atomic mass is 10.1. The lowest BCUT2D eigenvalue weighted by Gasteiger charge is -2.26. The Bertz CT molecular complexity index is 289. The molecule has 1 rings (SSSR count). The Labute approximate surface area is 96.1 Å². The quantitative estimate of drug-likeness (QED) is 0.680. The van der Waals surface area contributed by atoms with Crippen LogP contribution in [0.25, 0.3) is 0 Å². The molecule has 0 saturated carbocycles. The van der Waals surface area contributed by atoms with E-state index in [-0.39, 0.29) is 23.8 Å². The highest BCUT2D eigenvalue weighted by Gasteiger charge is 2.36. The molecule has 1 aliphatic heterocycles. The van der Waals surface area contributed by atoms with E-state index in [1.54, 1.807) is 0 Å². The molecular weight excluding hydrogens is 208 g/mol. The molecule has 0 aromatic rings. The lowest BCUT2D eigenvalue weighted by Crippen LogP contribution is -2.45. The molecule has 0 aromatic carbocycles. The molecule has 1 N–H and O–H groups in total. The fraction of sp³-hybridized carbons (Fsp3) is 0.818. The van der Waals surface area contributed by atoms with Gasteiger partial charge in [-0.25, -0.2) is 0 Å². The van der Waals surface area contributed by atoms with Crippen LogP contribution in [-0.4, -0.2) is 48.6 Å². The van der Waals surface area contributed by atoms with Crippen molar-refractivity contribution in [3.63, 3.8) is 0 Å². The summed E-state index contributed by atoms with van der Waals surface area (Å²) in [7, 11) is 1.51. The molecule has 5 nitrogen and oxygen atoms in total. The zero-order chi connectivity index (χ0) is 12.3. The van der Waals surface area contributed by atoms with E-state index in [2.05, 4.69) is 5.32 Å². The summed E-state index contributed by atoms with van der Waals surface area (Å²) in [6.45, 7) is 7.02. The number of hydrogen-bond acceptors (Lipinski definition) is 4. The molecule has 1 aliphatic rings. The largest absolute Gasteiger partial charge is 0.375 e. The monoisotopic (exact) mass is 228 g/mol. The number of amides is 2. The van der Waals surface area contributed by atoms with E-state index in [0.29, 0.717) is 13.2 Å². The molecule has 16 heavy (non-hydrogen) atoms. The van der Waals surface area contributed by atoms with Gasteiger partial charge in [-0.2, -0.15) is 0 Å². The van der Waals surface area contributed by atoms with Gasteiger partial charge in [-0.3, -0.25) is 14.5 Å². The van der Waals surface area contributed by atoms with E-state index < -0.39 is 6.04 Å². The van der Waals surface area contributed by atoms with Gasteiger partial charge < -0.3 is 10.1 Å². The van der Waals surface area contributed by atoms with Crippen LogP contribution in [0, 0.1) is 0 Å². The fourth-order valence-corrected chi connectivity index (χ4v) is 1.73. The molecule has 92 valence electrons. The molecule has 2 amide bonds. The zero-order valence-corrected chi connectivity index (χ0v) is 10.4. The second-order valence-electron chi connectivity index (χ2n) is 4.62. The Kier molecular flexibility index (Phi) is 4.04. The normalized spacial score (nSPS) is 22.0. The summed E-state index contributed by atoms with van der Waals surface area (Å²) in [4.78, 5) is 24.0. The predicted octanol–water partition coefficient (Wildman–Crippen LogP) is 0.148. The number of ether oxygens (including phenoxy) is 1. The van der Waals surface area contributed by atoms with Crippen molar-refractivity contribution in [2.75, 3.05) is 20.2 Å². The van der Waals surface area contributed by atoms with E-state index in [4.69, 9.17) is 4.74 Å². The SMILES string of the molecule is CCOC(C)(C)CNC1CC(=O)N(C)C1=O. The van der Waals surface area contributed by atoms with Gasteiger partial charge in [-0.15, -0.1) is 0 Å². The molecule has 1 saturated heterocycles. The third-order valence-corrected chi connectivity index (χ3v) is 2.69. The Morgan fingerprint density at radius 2 is 2.12 bits per heavy atom. The summed E-state index contributed by atoms with van der Waals surface area (Å²) in [6, 6.07) is -0.391. The van der Waals surface area contributed by atoms with Crippen LogP contribution in [0.4, 0.5) is 0 Å². The molecule has 0 radical (unpaired) electrons. The van der Waals surface area contributed by atoms with E-state index in [0.717, 1.165) is 0 Å². The number of hydrogen-bond donors (Lipinski definition) is 1. The summed E-state index contributed by atoms with van der Waals surface area (Å²) in [5.41, 5.74) is -0.320. The number of nitrogens with zero attached hydrogens (tertiary/aromatic N) is 1. The minimum atomic E-state index is -0.391. The Morgan fingerprint density at radius 3 is 2.56 bits per heavy atom. The molecule has 0 aromatic heterocycles. The molecule has 0 bridgehead atoms. The molecule has 1 unspecified atom stereocenters. The third-order valence-electron chi connectivity index (χ3n) is 2.69. The first-order valence-electron chi connectivity index (χ1n) is 5.55. The second kappa shape index (κ2) is 4.93. The van der Waals surface area contributed by atoms with Crippen molar-refractivity contribution in [3.8, 4) is 0 Å². The Balaban J connectivity index is 2.45. The average molecular weight is 228 g/mol. The minimum absolute atomic E-state index is 0.128. The summed E-state index contributed by atoms with van der Waals surface area (Å²) in [5, 5.41) is 3.08. The molecular formula is C11H20N2O3. The molecule has 1 atom stereocenters. The number of carbonyl (C=O) groups excluding carboxylic acids is 2. The summed E-state index contributed by atoms with van der Waals surface area (Å²) in [6.07, 6.45) is 0.248. The fourth-order valence-electron chi connectivity index (χ4n) is 1.73. The molecule has 0 spiro atoms. The van der Waals surface area contributed by atoms with Gasteiger partial charge in [0.2, 0.25) is 11.8 Å². The second-order valence-corrected chi connectivity index (χ2v) is 4.62. The van der Waals surface area contributed by atoms with Crippen LogP contribution in [-0.2, 0) is 14.3 Å². The number of rotatable bonds is 5. The van der Waals surface area contributed by atoms with Gasteiger partial charge in [-0.1, -0.05) is 0 Å². The highest BCUT2D eigenvalue weighted by molar-refractivity contribution is 6.05. The number of nitrogens with one attached hydrogen (secondary N) is 1. The van der Waals surface area contributed by atoms with Gasteiger partial charge in [0.15, 0.2) is 0 Å². The van der Waals surface area contributed by atoms with Crippen LogP contribution < -0.4 is 5.32 Å².